The molecule has 1 aliphatic carbocycles. The summed E-state index contributed by atoms with van der Waals surface area (Å²) < 4.78 is 0. The lowest BCUT2D eigenvalue weighted by molar-refractivity contribution is -0.142. The molecule has 0 spiro atoms. The van der Waals surface area contributed by atoms with E-state index in [-0.39, 0.29) is 11.6 Å². The molecule has 0 saturated heterocycles. The zero-order valence-electron chi connectivity index (χ0n) is 11.5. The van der Waals surface area contributed by atoms with Crippen molar-refractivity contribution in [3.63, 3.8) is 0 Å². The number of allylic oxidation sites excluding steroid dienone is 2. The number of rotatable bonds is 4. The van der Waals surface area contributed by atoms with Crippen LogP contribution in [0.1, 0.15) is 32.6 Å². The van der Waals surface area contributed by atoms with Crippen LogP contribution in [-0.2, 0) is 9.59 Å². The van der Waals surface area contributed by atoms with Crippen molar-refractivity contribution in [2.24, 2.45) is 5.41 Å². The van der Waals surface area contributed by atoms with Gasteiger partial charge in [0.15, 0.2) is 0 Å². The molecular weight excluding hydrogens is 228 g/mol. The molecule has 0 atom stereocenters. The highest BCUT2D eigenvalue weighted by atomic mass is 28.3. The Balaban J connectivity index is 2.59. The minimum absolute atomic E-state index is 0.131. The summed E-state index contributed by atoms with van der Waals surface area (Å²) >= 11 is 0. The Bertz CT molecular complexity index is 321. The second-order valence-corrected chi connectivity index (χ2v) is 12.0. The van der Waals surface area contributed by atoms with E-state index in [9.17, 15) is 9.59 Å². The quantitative estimate of drug-likeness (QED) is 0.435. The van der Waals surface area contributed by atoms with Crippen molar-refractivity contribution in [1.82, 2.24) is 0 Å². The highest BCUT2D eigenvalue weighted by Crippen LogP contribution is 2.33. The van der Waals surface area contributed by atoms with Gasteiger partial charge in [-0.05, 0) is 25.8 Å². The highest BCUT2D eigenvalue weighted by Gasteiger charge is 2.41. The van der Waals surface area contributed by atoms with Crippen LogP contribution in [0.25, 0.3) is 0 Å². The van der Waals surface area contributed by atoms with Gasteiger partial charge in [-0.25, -0.2) is 0 Å². The van der Waals surface area contributed by atoms with E-state index in [0.717, 1.165) is 12.5 Å². The van der Waals surface area contributed by atoms with Gasteiger partial charge in [0.25, 0.3) is 0 Å². The smallest absolute Gasteiger partial charge is 0.146 e. The van der Waals surface area contributed by atoms with Gasteiger partial charge < -0.3 is 0 Å². The molecule has 0 radical (unpaired) electrons. The Morgan fingerprint density at radius 1 is 1.12 bits per heavy atom. The maximum absolute atomic E-state index is 11.9. The second kappa shape index (κ2) is 5.30. The van der Waals surface area contributed by atoms with Gasteiger partial charge in [-0.1, -0.05) is 31.8 Å². The van der Waals surface area contributed by atoms with Gasteiger partial charge in [-0.3, -0.25) is 9.59 Å². The monoisotopic (exact) mass is 252 g/mol. The third-order valence-electron chi connectivity index (χ3n) is 3.46. The molecule has 96 valence electrons. The molecule has 0 aromatic heterocycles. The van der Waals surface area contributed by atoms with Crippen molar-refractivity contribution >= 4 is 19.6 Å². The molecular formula is C14H24O2Si. The number of hydrogen-bond acceptors (Lipinski definition) is 2. The Morgan fingerprint density at radius 2 is 1.65 bits per heavy atom. The maximum Gasteiger partial charge on any atom is 0.146 e. The fourth-order valence-electron chi connectivity index (χ4n) is 2.10. The third kappa shape index (κ3) is 3.91. The lowest BCUT2D eigenvalue weighted by Crippen LogP contribution is -2.39. The van der Waals surface area contributed by atoms with Crippen molar-refractivity contribution < 1.29 is 9.59 Å². The molecule has 0 aromatic rings. The van der Waals surface area contributed by atoms with Crippen molar-refractivity contribution in [3.05, 3.63) is 12.2 Å². The Hall–Kier alpha value is -0.703. The average Bonchev–Trinajstić information content (AvgIpc) is 2.20. The molecule has 0 amide bonds. The van der Waals surface area contributed by atoms with E-state index in [0.29, 0.717) is 19.3 Å². The minimum Gasteiger partial charge on any atom is -0.299 e. The fraction of sp³-hybridized carbons (Fsp3) is 0.714. The number of Topliss-reactive ketones (excluding diaryl/α,β-unsaturated/α-hetero) is 2. The van der Waals surface area contributed by atoms with E-state index in [4.69, 9.17) is 0 Å². The summed E-state index contributed by atoms with van der Waals surface area (Å²) in [6.45, 7) is 8.76. The van der Waals surface area contributed by atoms with E-state index in [2.05, 4.69) is 25.7 Å². The maximum atomic E-state index is 11.9. The molecule has 1 saturated carbocycles. The molecule has 3 heteroatoms. The Kier molecular flexibility index (Phi) is 4.47. The lowest BCUT2D eigenvalue weighted by Gasteiger charge is -2.29. The molecule has 0 N–H and O–H groups in total. The molecule has 0 unspecified atom stereocenters. The van der Waals surface area contributed by atoms with Crippen LogP contribution in [0.5, 0.6) is 0 Å². The van der Waals surface area contributed by atoms with Gasteiger partial charge in [0.2, 0.25) is 0 Å². The van der Waals surface area contributed by atoms with Crippen molar-refractivity contribution in [2.45, 2.75) is 58.3 Å². The van der Waals surface area contributed by atoms with E-state index < -0.39 is 13.5 Å². The van der Waals surface area contributed by atoms with Gasteiger partial charge in [0.1, 0.15) is 11.6 Å². The second-order valence-electron chi connectivity index (χ2n) is 6.47. The summed E-state index contributed by atoms with van der Waals surface area (Å²) in [7, 11) is -1.06. The first-order valence-electron chi connectivity index (χ1n) is 6.47. The molecule has 2 nitrogen and oxygen atoms in total. The van der Waals surface area contributed by atoms with Gasteiger partial charge in [-0.15, -0.1) is 0 Å². The standard InChI is InChI=1S/C14H24O2Si/c1-14(10-5-6-11-17(2,3)4)12(15)8-7-9-13(14)16/h5-6H,7-11H2,1-4H3. The van der Waals surface area contributed by atoms with Gasteiger partial charge in [0, 0.05) is 20.9 Å². The first-order chi connectivity index (χ1) is 7.76. The first kappa shape index (κ1) is 14.4. The summed E-state index contributed by atoms with van der Waals surface area (Å²) in [6, 6.07) is 1.12. The molecule has 0 aliphatic heterocycles. The first-order valence-corrected chi connectivity index (χ1v) is 10.2. The van der Waals surface area contributed by atoms with Crippen LogP contribution in [0, 0.1) is 5.41 Å². The summed E-state index contributed by atoms with van der Waals surface area (Å²) in [5, 5.41) is 0. The summed E-state index contributed by atoms with van der Waals surface area (Å²) in [6.07, 6.45) is 6.68. The van der Waals surface area contributed by atoms with Crippen LogP contribution in [0.15, 0.2) is 12.2 Å². The van der Waals surface area contributed by atoms with E-state index in [1.54, 1.807) is 0 Å². The van der Waals surface area contributed by atoms with Crippen LogP contribution < -0.4 is 0 Å². The largest absolute Gasteiger partial charge is 0.299 e. The minimum atomic E-state index is -1.06. The predicted molar refractivity (Wildman–Crippen MR) is 73.9 cm³/mol. The van der Waals surface area contributed by atoms with Crippen LogP contribution in [-0.4, -0.2) is 19.6 Å². The molecule has 0 bridgehead atoms. The van der Waals surface area contributed by atoms with Gasteiger partial charge >= 0.3 is 0 Å². The van der Waals surface area contributed by atoms with E-state index >= 15 is 0 Å². The zero-order valence-corrected chi connectivity index (χ0v) is 12.5. The molecule has 1 aliphatic rings. The van der Waals surface area contributed by atoms with Crippen molar-refractivity contribution in [1.29, 1.82) is 0 Å². The highest BCUT2D eigenvalue weighted by molar-refractivity contribution is 6.76. The van der Waals surface area contributed by atoms with E-state index in [1.165, 1.54) is 0 Å². The third-order valence-corrected chi connectivity index (χ3v) is 4.92. The number of hydrogen-bond donors (Lipinski definition) is 0. The normalized spacial score (nSPS) is 21.2. The molecule has 17 heavy (non-hydrogen) atoms. The number of carbonyl (C=O) groups excluding carboxylic acids is 2. The van der Waals surface area contributed by atoms with Crippen molar-refractivity contribution in [2.75, 3.05) is 0 Å². The van der Waals surface area contributed by atoms with Gasteiger partial charge in [0.05, 0.1) is 5.41 Å². The van der Waals surface area contributed by atoms with Gasteiger partial charge in [-0.2, -0.15) is 0 Å². The topological polar surface area (TPSA) is 34.1 Å². The number of carbonyl (C=O) groups is 2. The van der Waals surface area contributed by atoms with Crippen LogP contribution in [0.4, 0.5) is 0 Å². The van der Waals surface area contributed by atoms with E-state index in [1.807, 2.05) is 13.0 Å². The molecule has 1 fully saturated rings. The summed E-state index contributed by atoms with van der Waals surface area (Å²) in [5.41, 5.74) is -0.728. The van der Waals surface area contributed by atoms with Crippen LogP contribution >= 0.6 is 0 Å². The Morgan fingerprint density at radius 3 is 2.12 bits per heavy atom. The van der Waals surface area contributed by atoms with Crippen LogP contribution in [0.2, 0.25) is 25.7 Å². The molecule has 0 heterocycles. The average molecular weight is 252 g/mol. The summed E-state index contributed by atoms with van der Waals surface area (Å²) in [5.74, 6) is 0.262. The lowest BCUT2D eigenvalue weighted by atomic mass is 9.71. The SMILES string of the molecule is CC1(CC=CC[Si](C)(C)C)C(=O)CCCC1=O. The fourth-order valence-corrected chi connectivity index (χ4v) is 2.97. The van der Waals surface area contributed by atoms with Crippen molar-refractivity contribution in [3.8, 4) is 0 Å². The number of ketones is 2. The summed E-state index contributed by atoms with van der Waals surface area (Å²) in [4.78, 5) is 23.7. The predicted octanol–water partition coefficient (Wildman–Crippen LogP) is 3.60. The van der Waals surface area contributed by atoms with Crippen LogP contribution in [0.3, 0.4) is 0 Å². The molecule has 1 rings (SSSR count). The zero-order chi connectivity index (χ0) is 13.1. The molecule has 0 aromatic carbocycles. The Labute approximate surface area is 105 Å².